The van der Waals surface area contributed by atoms with Crippen LogP contribution in [-0.4, -0.2) is 12.5 Å². The van der Waals surface area contributed by atoms with Crippen LogP contribution < -0.4 is 0 Å². The summed E-state index contributed by atoms with van der Waals surface area (Å²) in [4.78, 5) is 10.4. The Morgan fingerprint density at radius 3 is 2.94 bits per heavy atom. The fourth-order valence-electron chi connectivity index (χ4n) is 1.90. The molecule has 92 valence electrons. The van der Waals surface area contributed by atoms with Crippen molar-refractivity contribution in [2.24, 2.45) is 5.92 Å². The molecule has 0 radical (unpaired) electrons. The van der Waals surface area contributed by atoms with Gasteiger partial charge in [0.25, 0.3) is 0 Å². The van der Waals surface area contributed by atoms with Crippen molar-refractivity contribution in [1.82, 2.24) is 0 Å². The molecule has 1 atom stereocenters. The largest absolute Gasteiger partial charge is 0.299 e. The van der Waals surface area contributed by atoms with Crippen molar-refractivity contribution in [2.45, 2.75) is 26.7 Å². The Morgan fingerprint density at radius 2 is 2.29 bits per heavy atom. The van der Waals surface area contributed by atoms with E-state index >= 15 is 0 Å². The monoisotopic (exact) mass is 248 g/mol. The lowest BCUT2D eigenvalue weighted by atomic mass is 9.86. The molecular weight excluding hydrogens is 228 g/mol. The SMILES string of the molecule is CS/C=C1/C=CC=C(CC/C(C)=C/C=O)C1C. The fraction of sp³-hybridized carbons (Fsp3) is 0.400. The van der Waals surface area contributed by atoms with Crippen LogP contribution in [0.3, 0.4) is 0 Å². The minimum Gasteiger partial charge on any atom is -0.299 e. The minimum atomic E-state index is 0.497. The minimum absolute atomic E-state index is 0.497. The molecule has 0 saturated heterocycles. The van der Waals surface area contributed by atoms with Crippen molar-refractivity contribution < 1.29 is 4.79 Å². The maximum atomic E-state index is 10.4. The number of carbonyl (C=O) groups is 1. The summed E-state index contributed by atoms with van der Waals surface area (Å²) in [6.45, 7) is 4.26. The third-order valence-electron chi connectivity index (χ3n) is 3.07. The third kappa shape index (κ3) is 4.39. The van der Waals surface area contributed by atoms with Crippen LogP contribution >= 0.6 is 11.8 Å². The molecule has 0 spiro atoms. The van der Waals surface area contributed by atoms with Gasteiger partial charge in [-0.3, -0.25) is 4.79 Å². The van der Waals surface area contributed by atoms with Crippen LogP contribution in [0.5, 0.6) is 0 Å². The van der Waals surface area contributed by atoms with E-state index in [-0.39, 0.29) is 0 Å². The van der Waals surface area contributed by atoms with Crippen molar-refractivity contribution in [3.05, 3.63) is 46.4 Å². The Balaban J connectivity index is 2.63. The Bertz CT molecular complexity index is 386. The molecule has 0 aromatic carbocycles. The van der Waals surface area contributed by atoms with Crippen molar-refractivity contribution in [2.75, 3.05) is 6.26 Å². The molecule has 0 aromatic heterocycles. The molecule has 2 heteroatoms. The predicted octanol–water partition coefficient (Wildman–Crippen LogP) is 4.29. The summed E-state index contributed by atoms with van der Waals surface area (Å²) < 4.78 is 0. The van der Waals surface area contributed by atoms with Gasteiger partial charge in [-0.15, -0.1) is 11.8 Å². The summed E-state index contributed by atoms with van der Waals surface area (Å²) in [5.74, 6) is 0.497. The Hall–Kier alpha value is -1.02. The molecule has 0 aromatic rings. The first kappa shape index (κ1) is 14.0. The molecular formula is C15H20OS. The molecule has 0 saturated carbocycles. The van der Waals surface area contributed by atoms with Gasteiger partial charge in [0, 0.05) is 5.92 Å². The lowest BCUT2D eigenvalue weighted by molar-refractivity contribution is -0.104. The van der Waals surface area contributed by atoms with Crippen LogP contribution in [0.1, 0.15) is 26.7 Å². The zero-order chi connectivity index (χ0) is 12.7. The number of carbonyl (C=O) groups excluding carboxylic acids is 1. The number of aldehydes is 1. The fourth-order valence-corrected chi connectivity index (χ4v) is 2.46. The highest BCUT2D eigenvalue weighted by Gasteiger charge is 2.14. The lowest BCUT2D eigenvalue weighted by Gasteiger charge is -2.20. The van der Waals surface area contributed by atoms with Crippen molar-refractivity contribution in [1.29, 1.82) is 0 Å². The second kappa shape index (κ2) is 7.33. The molecule has 0 fully saturated rings. The summed E-state index contributed by atoms with van der Waals surface area (Å²) in [6, 6.07) is 0. The molecule has 1 rings (SSSR count). The first-order valence-electron chi connectivity index (χ1n) is 5.90. The third-order valence-corrected chi connectivity index (χ3v) is 3.58. The summed E-state index contributed by atoms with van der Waals surface area (Å²) >= 11 is 1.75. The molecule has 0 amide bonds. The van der Waals surface area contributed by atoms with Crippen LogP contribution in [-0.2, 0) is 4.79 Å². The first-order chi connectivity index (χ1) is 8.19. The van der Waals surface area contributed by atoms with Gasteiger partial charge in [0.1, 0.15) is 6.29 Å². The normalized spacial score (nSPS) is 22.8. The molecule has 0 N–H and O–H groups in total. The molecule has 0 bridgehead atoms. The maximum Gasteiger partial charge on any atom is 0.142 e. The summed E-state index contributed by atoms with van der Waals surface area (Å²) in [6.07, 6.45) is 13.1. The Labute approximate surface area is 108 Å². The Morgan fingerprint density at radius 1 is 1.53 bits per heavy atom. The lowest BCUT2D eigenvalue weighted by Crippen LogP contribution is -2.05. The standard InChI is InChI=1S/C15H20OS/c1-12(9-10-16)7-8-14-5-4-6-15(11-17-3)13(14)2/h4-6,9-11,13H,7-8H2,1-3H3/b12-9+,15-11-. The van der Waals surface area contributed by atoms with Crippen LogP contribution in [0.15, 0.2) is 46.4 Å². The van der Waals surface area contributed by atoms with Gasteiger partial charge in [0.2, 0.25) is 0 Å². The number of allylic oxidation sites excluding steroid dienone is 7. The van der Waals surface area contributed by atoms with Gasteiger partial charge in [-0.2, -0.15) is 0 Å². The van der Waals surface area contributed by atoms with E-state index in [1.165, 1.54) is 11.1 Å². The molecule has 1 aliphatic carbocycles. The zero-order valence-electron chi connectivity index (χ0n) is 10.8. The average molecular weight is 248 g/mol. The van der Waals surface area contributed by atoms with E-state index in [9.17, 15) is 4.79 Å². The van der Waals surface area contributed by atoms with E-state index in [0.717, 1.165) is 24.7 Å². The van der Waals surface area contributed by atoms with E-state index in [1.807, 2.05) is 6.92 Å². The van der Waals surface area contributed by atoms with Crippen molar-refractivity contribution >= 4 is 18.0 Å². The second-order valence-corrected chi connectivity index (χ2v) is 5.03. The maximum absolute atomic E-state index is 10.4. The summed E-state index contributed by atoms with van der Waals surface area (Å²) in [5, 5.41) is 2.21. The zero-order valence-corrected chi connectivity index (χ0v) is 11.6. The van der Waals surface area contributed by atoms with E-state index in [0.29, 0.717) is 5.92 Å². The molecule has 17 heavy (non-hydrogen) atoms. The van der Waals surface area contributed by atoms with E-state index in [1.54, 1.807) is 17.8 Å². The van der Waals surface area contributed by atoms with Crippen molar-refractivity contribution in [3.63, 3.8) is 0 Å². The van der Waals surface area contributed by atoms with Gasteiger partial charge in [-0.1, -0.05) is 36.3 Å². The molecule has 1 nitrogen and oxygen atoms in total. The van der Waals surface area contributed by atoms with Crippen LogP contribution in [0.2, 0.25) is 0 Å². The summed E-state index contributed by atoms with van der Waals surface area (Å²) in [5.41, 5.74) is 3.98. The quantitative estimate of drug-likeness (QED) is 0.533. The molecule has 1 aliphatic rings. The topological polar surface area (TPSA) is 17.1 Å². The van der Waals surface area contributed by atoms with Gasteiger partial charge in [-0.05, 0) is 43.1 Å². The van der Waals surface area contributed by atoms with Gasteiger partial charge in [0.05, 0.1) is 0 Å². The van der Waals surface area contributed by atoms with Gasteiger partial charge in [0.15, 0.2) is 0 Å². The predicted molar refractivity (Wildman–Crippen MR) is 77.0 cm³/mol. The number of hydrogen-bond donors (Lipinski definition) is 0. The first-order valence-corrected chi connectivity index (χ1v) is 7.18. The van der Waals surface area contributed by atoms with Crippen LogP contribution in [0, 0.1) is 5.92 Å². The number of thioether (sulfide) groups is 1. The molecule has 0 aliphatic heterocycles. The highest BCUT2D eigenvalue weighted by molar-refractivity contribution is 8.01. The van der Waals surface area contributed by atoms with Crippen molar-refractivity contribution in [3.8, 4) is 0 Å². The van der Waals surface area contributed by atoms with E-state index in [4.69, 9.17) is 0 Å². The second-order valence-electron chi connectivity index (χ2n) is 4.33. The average Bonchev–Trinajstić information content (AvgIpc) is 2.31. The summed E-state index contributed by atoms with van der Waals surface area (Å²) in [7, 11) is 0. The van der Waals surface area contributed by atoms with Crippen LogP contribution in [0.25, 0.3) is 0 Å². The number of rotatable bonds is 5. The highest BCUT2D eigenvalue weighted by Crippen LogP contribution is 2.30. The van der Waals surface area contributed by atoms with E-state index in [2.05, 4.69) is 36.8 Å². The number of hydrogen-bond acceptors (Lipinski definition) is 2. The van der Waals surface area contributed by atoms with Gasteiger partial charge in [-0.25, -0.2) is 0 Å². The molecule has 1 unspecified atom stereocenters. The molecule has 0 heterocycles. The van der Waals surface area contributed by atoms with Gasteiger partial charge >= 0.3 is 0 Å². The Kier molecular flexibility index (Phi) is 6.06. The van der Waals surface area contributed by atoms with E-state index < -0.39 is 0 Å². The van der Waals surface area contributed by atoms with Crippen LogP contribution in [0.4, 0.5) is 0 Å². The smallest absolute Gasteiger partial charge is 0.142 e. The highest BCUT2D eigenvalue weighted by atomic mass is 32.2. The van der Waals surface area contributed by atoms with Gasteiger partial charge < -0.3 is 0 Å².